The van der Waals surface area contributed by atoms with Gasteiger partial charge in [0.1, 0.15) is 17.7 Å². The second-order valence-corrected chi connectivity index (χ2v) is 7.08. The number of piperidine rings is 1. The molecule has 4 rings (SSSR count). The Bertz CT molecular complexity index is 1280. The van der Waals surface area contributed by atoms with Gasteiger partial charge in [-0.1, -0.05) is 6.07 Å². The highest BCUT2D eigenvalue weighted by molar-refractivity contribution is 5.99. The standard InChI is InChI=1S/C21H19FN4O4/c1-10-7-15(24-19(23)11(10)2)12-3-4-13(14(22)8-12)17-9-26(21(29)30-17)16-5-6-18(27)25-20(16)28/h3-4,7-9,16H,5-6H2,1-2H3,(H2,23,24)(H,25,27,28)/t16-/m1/s1/i16D. The van der Waals surface area contributed by atoms with E-state index >= 15 is 0 Å². The number of halogens is 1. The average Bonchev–Trinajstić information content (AvgIpc) is 3.10. The largest absolute Gasteiger partial charge is 0.420 e. The molecule has 1 aromatic carbocycles. The Kier molecular flexibility index (Phi) is 4.42. The van der Waals surface area contributed by atoms with E-state index < -0.39 is 29.4 Å². The summed E-state index contributed by atoms with van der Waals surface area (Å²) in [6.07, 6.45) is 0.810. The quantitative estimate of drug-likeness (QED) is 0.639. The number of imide groups is 1. The van der Waals surface area contributed by atoms with Crippen LogP contribution in [0.2, 0.25) is 0 Å². The highest BCUT2D eigenvalue weighted by Gasteiger charge is 2.30. The first-order chi connectivity index (χ1) is 14.6. The maximum Gasteiger partial charge on any atom is 0.420 e. The first-order valence-electron chi connectivity index (χ1n) is 9.71. The van der Waals surface area contributed by atoms with Gasteiger partial charge in [-0.2, -0.15) is 0 Å². The Hall–Kier alpha value is -3.75. The minimum absolute atomic E-state index is 0.0210. The number of benzene rings is 1. The lowest BCUT2D eigenvalue weighted by atomic mass is 10.0. The smallest absolute Gasteiger partial charge is 0.408 e. The summed E-state index contributed by atoms with van der Waals surface area (Å²) in [7, 11) is 0. The Morgan fingerprint density at radius 1 is 1.30 bits per heavy atom. The van der Waals surface area contributed by atoms with Crippen molar-refractivity contribution in [2.45, 2.75) is 32.7 Å². The van der Waals surface area contributed by atoms with Crippen molar-refractivity contribution in [3.63, 3.8) is 0 Å². The maximum atomic E-state index is 14.9. The number of nitrogens with zero attached hydrogens (tertiary/aromatic N) is 2. The molecule has 0 saturated carbocycles. The zero-order chi connectivity index (χ0) is 22.5. The molecular weight excluding hydrogens is 391 g/mol. The molecule has 2 amide bonds. The number of carbonyl (C=O) groups excluding carboxylic acids is 2. The van der Waals surface area contributed by atoms with E-state index in [0.29, 0.717) is 17.1 Å². The van der Waals surface area contributed by atoms with Gasteiger partial charge in [0.15, 0.2) is 5.76 Å². The number of amides is 2. The van der Waals surface area contributed by atoms with Gasteiger partial charge in [0.25, 0.3) is 0 Å². The highest BCUT2D eigenvalue weighted by atomic mass is 19.1. The second kappa shape index (κ2) is 7.25. The van der Waals surface area contributed by atoms with Gasteiger partial charge >= 0.3 is 5.76 Å². The van der Waals surface area contributed by atoms with Gasteiger partial charge in [-0.15, -0.1) is 0 Å². The number of hydrogen-bond donors (Lipinski definition) is 2. The molecule has 9 heteroatoms. The number of oxazole rings is 1. The van der Waals surface area contributed by atoms with Gasteiger partial charge < -0.3 is 10.2 Å². The molecule has 154 valence electrons. The van der Waals surface area contributed by atoms with Crippen LogP contribution in [-0.4, -0.2) is 21.4 Å². The third kappa shape index (κ3) is 3.38. The van der Waals surface area contributed by atoms with Crippen molar-refractivity contribution in [1.82, 2.24) is 14.9 Å². The van der Waals surface area contributed by atoms with Crippen molar-refractivity contribution in [1.29, 1.82) is 0 Å². The number of aromatic nitrogens is 2. The number of carbonyl (C=O) groups is 2. The zero-order valence-electron chi connectivity index (χ0n) is 17.3. The number of nitrogen functional groups attached to an aromatic ring is 1. The van der Waals surface area contributed by atoms with Crippen LogP contribution in [0.15, 0.2) is 39.7 Å². The van der Waals surface area contributed by atoms with E-state index in [1.54, 1.807) is 12.1 Å². The van der Waals surface area contributed by atoms with Gasteiger partial charge in [0.05, 0.1) is 18.8 Å². The van der Waals surface area contributed by atoms with Crippen molar-refractivity contribution < 1.29 is 19.8 Å². The van der Waals surface area contributed by atoms with Crippen LogP contribution < -0.4 is 16.8 Å². The molecule has 8 nitrogen and oxygen atoms in total. The fraction of sp³-hybridized carbons (Fsp3) is 0.238. The summed E-state index contributed by atoms with van der Waals surface area (Å²) < 4.78 is 29.2. The summed E-state index contributed by atoms with van der Waals surface area (Å²) in [6, 6.07) is 4.01. The van der Waals surface area contributed by atoms with Gasteiger partial charge in [-0.05, 0) is 49.6 Å². The fourth-order valence-electron chi connectivity index (χ4n) is 3.27. The predicted molar refractivity (Wildman–Crippen MR) is 107 cm³/mol. The van der Waals surface area contributed by atoms with Gasteiger partial charge in [0, 0.05) is 12.0 Å². The Morgan fingerprint density at radius 3 is 2.73 bits per heavy atom. The molecule has 0 bridgehead atoms. The van der Waals surface area contributed by atoms with Crippen LogP contribution in [0.4, 0.5) is 10.2 Å². The second-order valence-electron chi connectivity index (χ2n) is 7.08. The van der Waals surface area contributed by atoms with Crippen molar-refractivity contribution >= 4 is 17.6 Å². The number of rotatable bonds is 3. The molecule has 3 aromatic rings. The van der Waals surface area contributed by atoms with E-state index in [0.717, 1.165) is 21.9 Å². The van der Waals surface area contributed by atoms with Crippen LogP contribution in [0.5, 0.6) is 0 Å². The normalized spacial score (nSPS) is 19.5. The van der Waals surface area contributed by atoms with Gasteiger partial charge in [-0.25, -0.2) is 14.2 Å². The van der Waals surface area contributed by atoms with Crippen LogP contribution in [0.1, 0.15) is 31.4 Å². The van der Waals surface area contributed by atoms with E-state index in [4.69, 9.17) is 11.5 Å². The molecule has 1 aliphatic rings. The summed E-state index contributed by atoms with van der Waals surface area (Å²) in [5, 5.41) is 2.04. The van der Waals surface area contributed by atoms with E-state index in [1.807, 2.05) is 19.2 Å². The number of pyridine rings is 1. The molecule has 2 aromatic heterocycles. The first kappa shape index (κ1) is 18.3. The number of nitrogens with two attached hydrogens (primary N) is 1. The first-order valence-corrected chi connectivity index (χ1v) is 9.21. The van der Waals surface area contributed by atoms with E-state index in [2.05, 4.69) is 4.98 Å². The summed E-state index contributed by atoms with van der Waals surface area (Å²) in [4.78, 5) is 40.1. The van der Waals surface area contributed by atoms with Gasteiger partial charge in [0.2, 0.25) is 11.8 Å². The summed E-state index contributed by atoms with van der Waals surface area (Å²) in [6.45, 7) is 3.73. The van der Waals surface area contributed by atoms with Crippen LogP contribution >= 0.6 is 0 Å². The maximum absolute atomic E-state index is 14.9. The van der Waals surface area contributed by atoms with Crippen LogP contribution in [0, 0.1) is 19.7 Å². The monoisotopic (exact) mass is 411 g/mol. The Morgan fingerprint density at radius 2 is 2.07 bits per heavy atom. The van der Waals surface area contributed by atoms with Gasteiger partial charge in [-0.3, -0.25) is 19.5 Å². The zero-order valence-corrected chi connectivity index (χ0v) is 16.3. The third-order valence-corrected chi connectivity index (χ3v) is 5.14. The average molecular weight is 411 g/mol. The fourth-order valence-corrected chi connectivity index (χ4v) is 3.27. The SMILES string of the molecule is [2H][C@@]1(n2cc(-c3ccc(-c4cc(C)c(C)c(N)n4)cc3F)oc2=O)CCC(=O)NC1=O. The summed E-state index contributed by atoms with van der Waals surface area (Å²) >= 11 is 0. The van der Waals surface area contributed by atoms with E-state index in [9.17, 15) is 18.8 Å². The van der Waals surface area contributed by atoms with Crippen molar-refractivity contribution in [3.8, 4) is 22.6 Å². The molecule has 1 aliphatic heterocycles. The molecule has 3 heterocycles. The predicted octanol–water partition coefficient (Wildman–Crippen LogP) is 2.49. The molecular formula is C21H19FN4O4. The van der Waals surface area contributed by atoms with Crippen LogP contribution in [0.25, 0.3) is 22.6 Å². The van der Waals surface area contributed by atoms with Crippen LogP contribution in [0.3, 0.4) is 0 Å². The molecule has 30 heavy (non-hydrogen) atoms. The topological polar surface area (TPSA) is 120 Å². The molecule has 1 atom stereocenters. The molecule has 0 unspecified atom stereocenters. The minimum Gasteiger partial charge on any atom is -0.408 e. The highest BCUT2D eigenvalue weighted by Crippen LogP contribution is 2.29. The molecule has 3 N–H and O–H groups in total. The van der Waals surface area contributed by atoms with E-state index in [1.165, 1.54) is 12.1 Å². The molecule has 1 saturated heterocycles. The lowest BCUT2D eigenvalue weighted by molar-refractivity contribution is -0.135. The number of aryl methyl sites for hydroxylation is 1. The molecule has 0 radical (unpaired) electrons. The van der Waals surface area contributed by atoms with Crippen molar-refractivity contribution in [3.05, 3.63) is 58.0 Å². The number of anilines is 1. The molecule has 1 fully saturated rings. The molecule has 0 spiro atoms. The minimum atomic E-state index is -2.05. The Labute approximate surface area is 171 Å². The van der Waals surface area contributed by atoms with E-state index in [-0.39, 0.29) is 24.2 Å². The van der Waals surface area contributed by atoms with Crippen molar-refractivity contribution in [2.24, 2.45) is 0 Å². The Balaban J connectivity index is 1.72. The van der Waals surface area contributed by atoms with Crippen LogP contribution in [-0.2, 0) is 9.59 Å². The number of nitrogens with one attached hydrogen (secondary N) is 1. The van der Waals surface area contributed by atoms with Crippen molar-refractivity contribution in [2.75, 3.05) is 5.73 Å². The summed E-state index contributed by atoms with van der Waals surface area (Å²) in [5.74, 6) is -2.93. The lowest BCUT2D eigenvalue weighted by Crippen LogP contribution is -2.43. The molecule has 0 aliphatic carbocycles. The summed E-state index contributed by atoms with van der Waals surface area (Å²) in [5.41, 5.74) is 8.64. The number of hydrogen-bond acceptors (Lipinski definition) is 6. The third-order valence-electron chi connectivity index (χ3n) is 5.14. The lowest BCUT2D eigenvalue weighted by Gasteiger charge is -2.20.